The molecule has 1 heterocycles. The molecule has 1 atom stereocenters. The van der Waals surface area contributed by atoms with Crippen molar-refractivity contribution in [1.29, 1.82) is 0 Å². The van der Waals surface area contributed by atoms with Crippen LogP contribution in [0.3, 0.4) is 0 Å². The molecular weight excluding hydrogens is 408 g/mol. The van der Waals surface area contributed by atoms with Crippen molar-refractivity contribution in [2.75, 3.05) is 27.7 Å². The van der Waals surface area contributed by atoms with Gasteiger partial charge in [-0.05, 0) is 42.7 Å². The van der Waals surface area contributed by atoms with Gasteiger partial charge in [0, 0.05) is 5.56 Å². The number of unbranched alkanes of at least 4 members (excludes halogenated alkanes) is 2. The number of hydrogen-bond donors (Lipinski definition) is 2. The first-order valence-electron chi connectivity index (χ1n) is 10.7. The monoisotopic (exact) mass is 441 g/mol. The number of carboxylic acid groups (broad SMARTS) is 1. The molecule has 1 amide bonds. The average Bonchev–Trinajstić information content (AvgIpc) is 3.15. The maximum Gasteiger partial charge on any atom is 0.305 e. The van der Waals surface area contributed by atoms with E-state index in [1.165, 1.54) is 36.2 Å². The maximum absolute atomic E-state index is 12.6. The van der Waals surface area contributed by atoms with Gasteiger partial charge in [-0.2, -0.15) is 0 Å². The second-order valence-corrected chi connectivity index (χ2v) is 9.89. The number of carboxylic acids is 1. The van der Waals surface area contributed by atoms with Gasteiger partial charge < -0.3 is 14.9 Å². The van der Waals surface area contributed by atoms with Crippen LogP contribution in [-0.2, 0) is 11.2 Å². The molecule has 0 bridgehead atoms. The minimum absolute atomic E-state index is 0.103. The molecule has 2 rings (SSSR count). The van der Waals surface area contributed by atoms with Crippen molar-refractivity contribution in [2.24, 2.45) is 0 Å². The smallest absolute Gasteiger partial charge is 0.305 e. The summed E-state index contributed by atoms with van der Waals surface area (Å²) in [7, 11) is 5.91. The van der Waals surface area contributed by atoms with Crippen molar-refractivity contribution in [1.82, 2.24) is 5.32 Å². The summed E-state index contributed by atoms with van der Waals surface area (Å²) in [6.07, 6.45) is 4.68. The number of nitrogens with zero attached hydrogens (tertiary/aromatic N) is 1. The first kappa shape index (κ1) is 24.6. The highest BCUT2D eigenvalue weighted by Gasteiger charge is 2.23. The fraction of sp³-hybridized carbons (Fsp3) is 0.440. The van der Waals surface area contributed by atoms with E-state index in [9.17, 15) is 9.59 Å². The summed E-state index contributed by atoms with van der Waals surface area (Å²) >= 11 is 1.32. The number of hydrogen-bond acceptors (Lipinski definition) is 3. The van der Waals surface area contributed by atoms with E-state index in [2.05, 4.69) is 36.2 Å². The molecule has 0 spiro atoms. The summed E-state index contributed by atoms with van der Waals surface area (Å²) in [5.74, 6) is 5.10. The summed E-state index contributed by atoms with van der Waals surface area (Å²) in [5.41, 5.74) is 2.28. The van der Waals surface area contributed by atoms with E-state index < -0.39 is 12.0 Å². The molecule has 0 saturated heterocycles. The van der Waals surface area contributed by atoms with Crippen molar-refractivity contribution >= 4 is 23.2 Å². The van der Waals surface area contributed by atoms with Gasteiger partial charge in [0.25, 0.3) is 5.91 Å². The molecule has 166 valence electrons. The Morgan fingerprint density at radius 2 is 1.77 bits per heavy atom. The highest BCUT2D eigenvalue weighted by Crippen LogP contribution is 2.16. The van der Waals surface area contributed by atoms with Crippen LogP contribution in [0.2, 0.25) is 0 Å². The molecule has 31 heavy (non-hydrogen) atoms. The van der Waals surface area contributed by atoms with E-state index >= 15 is 0 Å². The third-order valence-electron chi connectivity index (χ3n) is 4.71. The van der Waals surface area contributed by atoms with Crippen molar-refractivity contribution in [3.8, 4) is 11.8 Å². The SMILES string of the molecule is CCCCCc1ccc(C#Cc2ccc(C(=O)N[C@H](CC(=O)O)C[N+](C)(C)C)s2)cc1. The van der Waals surface area contributed by atoms with Crippen molar-refractivity contribution in [3.63, 3.8) is 0 Å². The quantitative estimate of drug-likeness (QED) is 0.331. The van der Waals surface area contributed by atoms with Gasteiger partial charge >= 0.3 is 5.97 Å². The molecule has 0 radical (unpaired) electrons. The van der Waals surface area contributed by atoms with E-state index in [1.807, 2.05) is 39.3 Å². The lowest BCUT2D eigenvalue weighted by atomic mass is 10.1. The molecule has 2 N–H and O–H groups in total. The Morgan fingerprint density at radius 1 is 1.06 bits per heavy atom. The lowest BCUT2D eigenvalue weighted by molar-refractivity contribution is -0.871. The predicted molar refractivity (Wildman–Crippen MR) is 126 cm³/mol. The third-order valence-corrected chi connectivity index (χ3v) is 5.71. The van der Waals surface area contributed by atoms with E-state index in [4.69, 9.17) is 5.11 Å². The van der Waals surface area contributed by atoms with E-state index in [-0.39, 0.29) is 12.3 Å². The second-order valence-electron chi connectivity index (χ2n) is 8.81. The van der Waals surface area contributed by atoms with Gasteiger partial charge in [0.1, 0.15) is 0 Å². The Bertz CT molecular complexity index is 930. The highest BCUT2D eigenvalue weighted by atomic mass is 32.1. The number of thiophene rings is 1. The van der Waals surface area contributed by atoms with Gasteiger partial charge in [0.05, 0.1) is 49.9 Å². The summed E-state index contributed by atoms with van der Waals surface area (Å²) in [6, 6.07) is 11.5. The van der Waals surface area contributed by atoms with Gasteiger partial charge in [0.2, 0.25) is 0 Å². The van der Waals surface area contributed by atoms with Crippen molar-refractivity contribution in [3.05, 3.63) is 57.3 Å². The molecule has 1 aromatic carbocycles. The molecule has 0 unspecified atom stereocenters. The van der Waals surface area contributed by atoms with Crippen LogP contribution < -0.4 is 5.32 Å². The number of aliphatic carboxylic acids is 1. The Balaban J connectivity index is 1.99. The van der Waals surface area contributed by atoms with Gasteiger partial charge in [0.15, 0.2) is 0 Å². The molecule has 6 heteroatoms. The molecular formula is C25H33N2O3S+. The Hall–Kier alpha value is -2.62. The lowest BCUT2D eigenvalue weighted by Gasteiger charge is -2.29. The number of amides is 1. The number of benzene rings is 1. The zero-order valence-corrected chi connectivity index (χ0v) is 19.7. The van der Waals surface area contributed by atoms with Gasteiger partial charge in [-0.1, -0.05) is 43.7 Å². The second kappa shape index (κ2) is 11.7. The standard InChI is InChI=1S/C25H32N2O3S/c1-5-6-7-8-19-9-11-20(12-10-19)13-14-22-15-16-23(31-22)25(30)26-21(17-24(28)29)18-27(2,3)4/h9-12,15-16,21H,5-8,17-18H2,1-4H3,(H-,26,28,29,30)/p+1/t21-/m1/s1. The van der Waals surface area contributed by atoms with Crippen molar-refractivity contribution in [2.45, 2.75) is 45.1 Å². The number of quaternary nitrogens is 1. The molecule has 0 aliphatic rings. The van der Waals surface area contributed by atoms with Crippen LogP contribution in [0.15, 0.2) is 36.4 Å². The van der Waals surface area contributed by atoms with Gasteiger partial charge in [-0.3, -0.25) is 9.59 Å². The molecule has 2 aromatic rings. The van der Waals surface area contributed by atoms with Crippen LogP contribution in [0.4, 0.5) is 0 Å². The number of likely N-dealkylation sites (N-methyl/N-ethyl adjacent to an activating group) is 1. The number of carbonyl (C=O) groups is 2. The minimum atomic E-state index is -0.923. The predicted octanol–water partition coefficient (Wildman–Crippen LogP) is 4.16. The Labute approximate surface area is 189 Å². The summed E-state index contributed by atoms with van der Waals surface area (Å²) in [4.78, 5) is 25.1. The van der Waals surface area contributed by atoms with Crippen LogP contribution in [0.1, 0.15) is 58.3 Å². The fourth-order valence-corrected chi connectivity index (χ4v) is 4.05. The van der Waals surface area contributed by atoms with Crippen LogP contribution in [-0.4, -0.2) is 55.2 Å². The van der Waals surface area contributed by atoms with E-state index in [0.717, 1.165) is 16.9 Å². The minimum Gasteiger partial charge on any atom is -0.481 e. The normalized spacial score (nSPS) is 12.0. The van der Waals surface area contributed by atoms with Crippen LogP contribution in [0.25, 0.3) is 0 Å². The zero-order valence-electron chi connectivity index (χ0n) is 18.9. The number of rotatable bonds is 10. The molecule has 5 nitrogen and oxygen atoms in total. The topological polar surface area (TPSA) is 66.4 Å². The van der Waals surface area contributed by atoms with Gasteiger partial charge in [-0.15, -0.1) is 11.3 Å². The highest BCUT2D eigenvalue weighted by molar-refractivity contribution is 7.14. The number of carbonyl (C=O) groups excluding carboxylic acids is 1. The lowest BCUT2D eigenvalue weighted by Crippen LogP contribution is -2.49. The Morgan fingerprint density at radius 3 is 2.39 bits per heavy atom. The number of aryl methyl sites for hydroxylation is 1. The zero-order chi connectivity index (χ0) is 22.9. The maximum atomic E-state index is 12.6. The first-order chi connectivity index (χ1) is 14.7. The largest absolute Gasteiger partial charge is 0.481 e. The molecule has 0 aliphatic heterocycles. The first-order valence-corrected chi connectivity index (χ1v) is 11.5. The molecule has 0 saturated carbocycles. The molecule has 1 aromatic heterocycles. The fourth-order valence-electron chi connectivity index (χ4n) is 3.28. The summed E-state index contributed by atoms with van der Waals surface area (Å²) in [6.45, 7) is 2.74. The Kier molecular flexibility index (Phi) is 9.29. The van der Waals surface area contributed by atoms with Crippen LogP contribution in [0.5, 0.6) is 0 Å². The van der Waals surface area contributed by atoms with Gasteiger partial charge in [-0.25, -0.2) is 0 Å². The molecule has 0 aliphatic carbocycles. The van der Waals surface area contributed by atoms with Crippen LogP contribution in [0, 0.1) is 11.8 Å². The van der Waals surface area contributed by atoms with Crippen LogP contribution >= 0.6 is 11.3 Å². The van der Waals surface area contributed by atoms with Crippen molar-refractivity contribution < 1.29 is 19.2 Å². The van der Waals surface area contributed by atoms with E-state index in [1.54, 1.807) is 6.07 Å². The van der Waals surface area contributed by atoms with E-state index in [0.29, 0.717) is 15.9 Å². The third kappa shape index (κ3) is 9.37. The summed E-state index contributed by atoms with van der Waals surface area (Å²) in [5, 5.41) is 12.0. The average molecular weight is 442 g/mol. The number of nitrogens with one attached hydrogen (secondary N) is 1. The summed E-state index contributed by atoms with van der Waals surface area (Å²) < 4.78 is 0.566. The molecule has 0 fully saturated rings.